The highest BCUT2D eigenvalue weighted by molar-refractivity contribution is 7.26. The molecule has 11 rings (SSSR count). The zero-order chi connectivity index (χ0) is 34.9. The number of thiophene rings is 1. The van der Waals surface area contributed by atoms with E-state index in [0.29, 0.717) is 0 Å². The Bertz CT molecular complexity index is 3180. The van der Waals surface area contributed by atoms with Gasteiger partial charge in [-0.15, -0.1) is 11.3 Å². The van der Waals surface area contributed by atoms with E-state index in [4.69, 9.17) is 4.42 Å². The average molecular weight is 694 g/mol. The van der Waals surface area contributed by atoms with Gasteiger partial charge in [-0.25, -0.2) is 0 Å². The largest absolute Gasteiger partial charge is 0.456 e. The van der Waals surface area contributed by atoms with Crippen LogP contribution in [0.2, 0.25) is 0 Å². The number of benzene rings is 9. The molecule has 2 heterocycles. The van der Waals surface area contributed by atoms with E-state index in [-0.39, 0.29) is 0 Å². The Morgan fingerprint density at radius 3 is 1.89 bits per heavy atom. The minimum Gasteiger partial charge on any atom is -0.456 e. The van der Waals surface area contributed by atoms with Crippen LogP contribution in [-0.4, -0.2) is 0 Å². The van der Waals surface area contributed by atoms with Gasteiger partial charge in [0.25, 0.3) is 0 Å². The molecule has 0 unspecified atom stereocenters. The van der Waals surface area contributed by atoms with Gasteiger partial charge in [0.2, 0.25) is 0 Å². The normalized spacial score (nSPS) is 11.8. The van der Waals surface area contributed by atoms with Crippen LogP contribution in [-0.2, 0) is 0 Å². The van der Waals surface area contributed by atoms with Gasteiger partial charge in [0.05, 0.1) is 16.8 Å². The number of nitrogens with zero attached hydrogens (tertiary/aromatic N) is 1. The third kappa shape index (κ3) is 4.78. The fraction of sp³-hybridized carbons (Fsp3) is 0. The molecule has 9 aromatic carbocycles. The molecule has 0 aliphatic heterocycles. The number of hydrogen-bond donors (Lipinski definition) is 0. The number of hydrogen-bond acceptors (Lipinski definition) is 3. The quantitative estimate of drug-likeness (QED) is 0.167. The molecule has 0 amide bonds. The van der Waals surface area contributed by atoms with E-state index < -0.39 is 0 Å². The van der Waals surface area contributed by atoms with Gasteiger partial charge in [-0.3, -0.25) is 0 Å². The topological polar surface area (TPSA) is 16.4 Å². The SMILES string of the molecule is c1ccc(-c2cc(N(c3ccc4ccc5ccccc5c4c3)c3ccc(-c4ccccc4)c4sc5ccccc5c34)c3c(c2)oc2ccccc23)cc1. The van der Waals surface area contributed by atoms with Crippen molar-refractivity contribution in [1.82, 2.24) is 0 Å². The van der Waals surface area contributed by atoms with Gasteiger partial charge in [-0.2, -0.15) is 0 Å². The van der Waals surface area contributed by atoms with E-state index in [9.17, 15) is 0 Å². The summed E-state index contributed by atoms with van der Waals surface area (Å²) in [5, 5.41) is 9.62. The predicted molar refractivity (Wildman–Crippen MR) is 227 cm³/mol. The van der Waals surface area contributed by atoms with E-state index in [0.717, 1.165) is 50.1 Å². The Morgan fingerprint density at radius 1 is 0.396 bits per heavy atom. The van der Waals surface area contributed by atoms with E-state index in [1.54, 1.807) is 0 Å². The molecule has 0 aliphatic carbocycles. The van der Waals surface area contributed by atoms with Crippen LogP contribution in [0.4, 0.5) is 17.1 Å². The van der Waals surface area contributed by atoms with Crippen LogP contribution in [0, 0.1) is 0 Å². The third-order valence-electron chi connectivity index (χ3n) is 10.6. The maximum absolute atomic E-state index is 6.70. The molecule has 11 aromatic rings. The summed E-state index contributed by atoms with van der Waals surface area (Å²) in [7, 11) is 0. The van der Waals surface area contributed by atoms with Gasteiger partial charge in [0, 0.05) is 31.2 Å². The Hall–Kier alpha value is -6.68. The fourth-order valence-corrected chi connectivity index (χ4v) is 9.44. The zero-order valence-corrected chi connectivity index (χ0v) is 29.5. The van der Waals surface area contributed by atoms with Crippen molar-refractivity contribution in [2.45, 2.75) is 0 Å². The monoisotopic (exact) mass is 693 g/mol. The Balaban J connectivity index is 1.30. The fourth-order valence-electron chi connectivity index (χ4n) is 8.19. The first kappa shape index (κ1) is 30.0. The molecule has 0 bridgehead atoms. The first-order valence-corrected chi connectivity index (χ1v) is 18.8. The highest BCUT2D eigenvalue weighted by Gasteiger charge is 2.25. The summed E-state index contributed by atoms with van der Waals surface area (Å²) in [5.74, 6) is 0. The summed E-state index contributed by atoms with van der Waals surface area (Å²) in [6.07, 6.45) is 0. The lowest BCUT2D eigenvalue weighted by Crippen LogP contribution is -2.11. The van der Waals surface area contributed by atoms with E-state index in [2.05, 4.69) is 193 Å². The maximum atomic E-state index is 6.70. The average Bonchev–Trinajstić information content (AvgIpc) is 3.81. The predicted octanol–water partition coefficient (Wildman–Crippen LogP) is 15.1. The van der Waals surface area contributed by atoms with E-state index in [1.807, 2.05) is 11.3 Å². The number of anilines is 3. The molecule has 0 atom stereocenters. The highest BCUT2D eigenvalue weighted by Crippen LogP contribution is 2.51. The molecule has 3 heteroatoms. The zero-order valence-electron chi connectivity index (χ0n) is 28.7. The van der Waals surface area contributed by atoms with Crippen molar-refractivity contribution in [3.8, 4) is 22.3 Å². The Morgan fingerprint density at radius 2 is 1.06 bits per heavy atom. The van der Waals surface area contributed by atoms with Crippen molar-refractivity contribution in [3.63, 3.8) is 0 Å². The highest BCUT2D eigenvalue weighted by atomic mass is 32.1. The van der Waals surface area contributed by atoms with Crippen LogP contribution in [0.3, 0.4) is 0 Å². The molecule has 53 heavy (non-hydrogen) atoms. The second-order valence-corrected chi connectivity index (χ2v) is 14.7. The van der Waals surface area contributed by atoms with Crippen LogP contribution >= 0.6 is 11.3 Å². The van der Waals surface area contributed by atoms with Crippen LogP contribution in [0.25, 0.3) is 85.9 Å². The second-order valence-electron chi connectivity index (χ2n) is 13.7. The molecule has 0 saturated carbocycles. The minimum atomic E-state index is 0.867. The van der Waals surface area contributed by atoms with Gasteiger partial charge >= 0.3 is 0 Å². The van der Waals surface area contributed by atoms with Gasteiger partial charge in [-0.1, -0.05) is 146 Å². The first-order chi connectivity index (χ1) is 26.3. The van der Waals surface area contributed by atoms with E-state index in [1.165, 1.54) is 52.8 Å². The van der Waals surface area contributed by atoms with Crippen molar-refractivity contribution in [2.75, 3.05) is 4.90 Å². The third-order valence-corrected chi connectivity index (χ3v) is 11.8. The number of para-hydroxylation sites is 1. The maximum Gasteiger partial charge on any atom is 0.138 e. The van der Waals surface area contributed by atoms with Crippen LogP contribution < -0.4 is 4.90 Å². The van der Waals surface area contributed by atoms with Gasteiger partial charge < -0.3 is 9.32 Å². The second kappa shape index (κ2) is 11.9. The molecule has 0 radical (unpaired) electrons. The lowest BCUT2D eigenvalue weighted by molar-refractivity contribution is 0.669. The van der Waals surface area contributed by atoms with Gasteiger partial charge in [0.15, 0.2) is 0 Å². The van der Waals surface area contributed by atoms with Crippen LogP contribution in [0.5, 0.6) is 0 Å². The van der Waals surface area contributed by atoms with Crippen molar-refractivity contribution >= 4 is 92.1 Å². The lowest BCUT2D eigenvalue weighted by atomic mass is 9.97. The van der Waals surface area contributed by atoms with Gasteiger partial charge in [-0.05, 0) is 86.3 Å². The number of furan rings is 1. The first-order valence-electron chi connectivity index (χ1n) is 18.0. The molecule has 2 aromatic heterocycles. The lowest BCUT2D eigenvalue weighted by Gasteiger charge is -2.28. The van der Waals surface area contributed by atoms with Crippen molar-refractivity contribution in [2.24, 2.45) is 0 Å². The summed E-state index contributed by atoms with van der Waals surface area (Å²) in [5.41, 5.74) is 9.76. The minimum absolute atomic E-state index is 0.867. The Labute approximate surface area is 310 Å². The van der Waals surface area contributed by atoms with Crippen LogP contribution in [0.1, 0.15) is 0 Å². The molecule has 0 fully saturated rings. The molecule has 0 saturated heterocycles. The molecule has 248 valence electrons. The summed E-state index contributed by atoms with van der Waals surface area (Å²) in [6, 6.07) is 68.0. The summed E-state index contributed by atoms with van der Waals surface area (Å²) < 4.78 is 9.25. The van der Waals surface area contributed by atoms with Crippen molar-refractivity contribution < 1.29 is 4.42 Å². The van der Waals surface area contributed by atoms with Gasteiger partial charge in [0.1, 0.15) is 11.2 Å². The van der Waals surface area contributed by atoms with Crippen LogP contribution in [0.15, 0.2) is 192 Å². The smallest absolute Gasteiger partial charge is 0.138 e. The molecular weight excluding hydrogens is 663 g/mol. The molecule has 0 spiro atoms. The molecule has 0 N–H and O–H groups in total. The van der Waals surface area contributed by atoms with E-state index >= 15 is 0 Å². The molecule has 0 aliphatic rings. The summed E-state index contributed by atoms with van der Waals surface area (Å²) in [6.45, 7) is 0. The molecular formula is C50H31NOS. The number of rotatable bonds is 5. The van der Waals surface area contributed by atoms with Crippen molar-refractivity contribution in [3.05, 3.63) is 188 Å². The van der Waals surface area contributed by atoms with Crippen molar-refractivity contribution in [1.29, 1.82) is 0 Å². The number of fused-ring (bicyclic) bond motifs is 9. The summed E-state index contributed by atoms with van der Waals surface area (Å²) >= 11 is 1.87. The summed E-state index contributed by atoms with van der Waals surface area (Å²) in [4.78, 5) is 2.49. The standard InChI is InChI=1S/C50H31NOS/c1-3-13-32(14-4-1)36-29-44(48-40-19-9-11-21-45(40)52-46(48)30-36)51(37-26-25-35-24-23-34-17-7-8-18-38(34)42(35)31-37)43-28-27-39(33-15-5-2-6-16-33)50-49(43)41-20-10-12-22-47(41)53-50/h1-31H. The Kier molecular flexibility index (Phi) is 6.76. The molecule has 2 nitrogen and oxygen atoms in total.